The highest BCUT2D eigenvalue weighted by Crippen LogP contribution is 2.48. The van der Waals surface area contributed by atoms with Crippen molar-refractivity contribution in [1.29, 1.82) is 0 Å². The van der Waals surface area contributed by atoms with E-state index in [-0.39, 0.29) is 0 Å². The van der Waals surface area contributed by atoms with Gasteiger partial charge in [0.05, 0.1) is 0 Å². The van der Waals surface area contributed by atoms with E-state index in [1.807, 2.05) is 0 Å². The predicted octanol–water partition coefficient (Wildman–Crippen LogP) is 1.34. The Labute approximate surface area is 76.3 Å². The van der Waals surface area contributed by atoms with Crippen LogP contribution in [0.5, 0.6) is 0 Å². The first-order chi connectivity index (χ1) is 6.29. The molecule has 7 heteroatoms. The number of alkyl halides is 4. The number of hydrogen-bond donors (Lipinski definition) is 0. The highest BCUT2D eigenvalue weighted by molar-refractivity contribution is 5.90. The summed E-state index contributed by atoms with van der Waals surface area (Å²) in [6, 6.07) is 0. The van der Waals surface area contributed by atoms with Crippen LogP contribution in [0.3, 0.4) is 0 Å². The Hall–Kier alpha value is -0.950. The average Bonchev–Trinajstić information content (AvgIpc) is 2.00. The second-order valence-electron chi connectivity index (χ2n) is 2.59. The molecular formula is C7H6F4O3. The van der Waals surface area contributed by atoms with Crippen molar-refractivity contribution in [3.63, 3.8) is 0 Å². The van der Waals surface area contributed by atoms with Gasteiger partial charge in [-0.2, -0.15) is 17.6 Å². The van der Waals surface area contributed by atoms with E-state index >= 15 is 0 Å². The zero-order valence-electron chi connectivity index (χ0n) is 6.81. The van der Waals surface area contributed by atoms with Gasteiger partial charge in [0.2, 0.25) is 6.10 Å². The monoisotopic (exact) mass is 214 g/mol. The third kappa shape index (κ3) is 1.93. The van der Waals surface area contributed by atoms with E-state index in [9.17, 15) is 22.4 Å². The summed E-state index contributed by atoms with van der Waals surface area (Å²) in [6.45, 7) is 2.15. The van der Waals surface area contributed by atoms with Crippen molar-refractivity contribution in [3.05, 3.63) is 12.7 Å². The molecule has 0 radical (unpaired) electrons. The summed E-state index contributed by atoms with van der Waals surface area (Å²) in [7, 11) is 0. The molecule has 0 N–H and O–H groups in total. The molecule has 14 heavy (non-hydrogen) atoms. The van der Waals surface area contributed by atoms with Crippen LogP contribution in [0.2, 0.25) is 0 Å². The van der Waals surface area contributed by atoms with Gasteiger partial charge in [-0.1, -0.05) is 6.58 Å². The van der Waals surface area contributed by atoms with E-state index in [1.165, 1.54) is 0 Å². The zero-order valence-corrected chi connectivity index (χ0v) is 6.81. The second-order valence-corrected chi connectivity index (χ2v) is 2.59. The van der Waals surface area contributed by atoms with Gasteiger partial charge in [-0.25, -0.2) is 0 Å². The number of halogens is 4. The van der Waals surface area contributed by atoms with Crippen molar-refractivity contribution in [2.45, 2.75) is 18.3 Å². The molecule has 0 aromatic rings. The van der Waals surface area contributed by atoms with Gasteiger partial charge in [-0.15, -0.1) is 0 Å². The van der Waals surface area contributed by atoms with Crippen molar-refractivity contribution in [3.8, 4) is 0 Å². The Morgan fingerprint density at radius 3 is 2.29 bits per heavy atom. The van der Waals surface area contributed by atoms with Crippen LogP contribution >= 0.6 is 0 Å². The van der Waals surface area contributed by atoms with Gasteiger partial charge in [-0.3, -0.25) is 9.53 Å². The zero-order chi connectivity index (χ0) is 11.0. The van der Waals surface area contributed by atoms with E-state index in [2.05, 4.69) is 16.1 Å². The van der Waals surface area contributed by atoms with Crippen molar-refractivity contribution in [2.75, 3.05) is 6.61 Å². The molecule has 3 nitrogen and oxygen atoms in total. The summed E-state index contributed by atoms with van der Waals surface area (Å²) in [4.78, 5) is 10.5. The standard InChI is InChI=1S/C7H6F4O3/c1-2-4(12)3-13-5-6(8,9)14-7(5,10)11/h2,5H,1,3H2. The number of rotatable bonds is 4. The molecule has 0 unspecified atom stereocenters. The minimum Gasteiger partial charge on any atom is -0.353 e. The van der Waals surface area contributed by atoms with Gasteiger partial charge in [0, 0.05) is 0 Å². The molecule has 1 rings (SSSR count). The molecule has 1 fully saturated rings. The molecular weight excluding hydrogens is 208 g/mol. The van der Waals surface area contributed by atoms with Crippen LogP contribution in [0, 0.1) is 0 Å². The highest BCUT2D eigenvalue weighted by Gasteiger charge is 2.72. The maximum Gasteiger partial charge on any atom is 0.395 e. The van der Waals surface area contributed by atoms with Gasteiger partial charge in [0.25, 0.3) is 0 Å². The summed E-state index contributed by atoms with van der Waals surface area (Å²) < 4.78 is 56.1. The van der Waals surface area contributed by atoms with Gasteiger partial charge in [-0.05, 0) is 6.08 Å². The number of hydrogen-bond acceptors (Lipinski definition) is 3. The third-order valence-electron chi connectivity index (χ3n) is 1.50. The van der Waals surface area contributed by atoms with E-state index in [0.29, 0.717) is 0 Å². The summed E-state index contributed by atoms with van der Waals surface area (Å²) >= 11 is 0. The van der Waals surface area contributed by atoms with Crippen LogP contribution < -0.4 is 0 Å². The Bertz CT molecular complexity index is 250. The minimum atomic E-state index is -4.05. The molecule has 0 aliphatic carbocycles. The lowest BCUT2D eigenvalue weighted by Crippen LogP contribution is -2.65. The lowest BCUT2D eigenvalue weighted by Gasteiger charge is -2.41. The van der Waals surface area contributed by atoms with Crippen LogP contribution in [0.15, 0.2) is 12.7 Å². The summed E-state index contributed by atoms with van der Waals surface area (Å²) in [5, 5.41) is 0. The molecule has 80 valence electrons. The minimum absolute atomic E-state index is 0.761. The number of carbonyl (C=O) groups is 1. The van der Waals surface area contributed by atoms with Crippen molar-refractivity contribution in [2.24, 2.45) is 0 Å². The topological polar surface area (TPSA) is 35.5 Å². The fourth-order valence-electron chi connectivity index (χ4n) is 0.844. The molecule has 0 aromatic carbocycles. The van der Waals surface area contributed by atoms with E-state index < -0.39 is 30.7 Å². The summed E-state index contributed by atoms with van der Waals surface area (Å²) in [5.74, 6) is -0.761. The molecule has 0 bridgehead atoms. The van der Waals surface area contributed by atoms with Crippen LogP contribution in [-0.4, -0.2) is 30.7 Å². The first kappa shape index (κ1) is 11.1. The van der Waals surface area contributed by atoms with E-state index in [1.54, 1.807) is 0 Å². The van der Waals surface area contributed by atoms with Crippen molar-refractivity contribution < 1.29 is 31.8 Å². The molecule has 0 atom stereocenters. The Morgan fingerprint density at radius 1 is 1.43 bits per heavy atom. The van der Waals surface area contributed by atoms with Gasteiger partial charge < -0.3 is 4.74 Å². The second kappa shape index (κ2) is 3.32. The summed E-state index contributed by atoms with van der Waals surface area (Å²) in [5.41, 5.74) is 0. The SMILES string of the molecule is C=CC(=O)COC1C(F)(F)OC1(F)F. The molecule has 1 heterocycles. The molecule has 0 spiro atoms. The van der Waals surface area contributed by atoms with Crippen molar-refractivity contribution >= 4 is 5.78 Å². The fourth-order valence-corrected chi connectivity index (χ4v) is 0.844. The van der Waals surface area contributed by atoms with Crippen molar-refractivity contribution in [1.82, 2.24) is 0 Å². The Balaban J connectivity index is 2.50. The maximum atomic E-state index is 12.3. The van der Waals surface area contributed by atoms with E-state index in [4.69, 9.17) is 0 Å². The largest absolute Gasteiger partial charge is 0.395 e. The first-order valence-corrected chi connectivity index (χ1v) is 3.52. The van der Waals surface area contributed by atoms with E-state index in [0.717, 1.165) is 6.08 Å². The van der Waals surface area contributed by atoms with Gasteiger partial charge in [0.1, 0.15) is 6.61 Å². The Morgan fingerprint density at radius 2 is 1.93 bits per heavy atom. The molecule has 1 saturated heterocycles. The molecule has 1 aliphatic heterocycles. The first-order valence-electron chi connectivity index (χ1n) is 3.52. The van der Waals surface area contributed by atoms with Gasteiger partial charge in [0.15, 0.2) is 5.78 Å². The summed E-state index contributed by atoms with van der Waals surface area (Å²) in [6.07, 6.45) is -10.0. The lowest BCUT2D eigenvalue weighted by molar-refractivity contribution is -0.529. The van der Waals surface area contributed by atoms with Crippen LogP contribution in [0.4, 0.5) is 17.6 Å². The fraction of sp³-hybridized carbons (Fsp3) is 0.571. The van der Waals surface area contributed by atoms with Crippen LogP contribution in [0.1, 0.15) is 0 Å². The lowest BCUT2D eigenvalue weighted by atomic mass is 10.2. The Kier molecular flexibility index (Phi) is 2.64. The maximum absolute atomic E-state index is 12.3. The number of ether oxygens (including phenoxy) is 2. The number of ketones is 1. The smallest absolute Gasteiger partial charge is 0.353 e. The third-order valence-corrected chi connectivity index (χ3v) is 1.50. The van der Waals surface area contributed by atoms with Crippen LogP contribution in [0.25, 0.3) is 0 Å². The molecule has 1 aliphatic rings. The van der Waals surface area contributed by atoms with Gasteiger partial charge >= 0.3 is 12.2 Å². The normalized spacial score (nSPS) is 24.0. The molecule has 0 amide bonds. The predicted molar refractivity (Wildman–Crippen MR) is 35.9 cm³/mol. The molecule has 0 saturated carbocycles. The highest BCUT2D eigenvalue weighted by atomic mass is 19.3. The number of carbonyl (C=O) groups excluding carboxylic acids is 1. The quantitative estimate of drug-likeness (QED) is 0.523. The molecule has 0 aromatic heterocycles. The van der Waals surface area contributed by atoms with Crippen LogP contribution in [-0.2, 0) is 14.3 Å². The average molecular weight is 214 g/mol.